The Hall–Kier alpha value is -0.610. The van der Waals surface area contributed by atoms with E-state index in [4.69, 9.17) is 0 Å². The number of aliphatic hydroxyl groups is 1. The molecule has 2 rings (SSSR count). The van der Waals surface area contributed by atoms with Gasteiger partial charge < -0.3 is 9.67 Å². The van der Waals surface area contributed by atoms with Crippen LogP contribution in [0.2, 0.25) is 0 Å². The second-order valence-corrected chi connectivity index (χ2v) is 8.09. The van der Waals surface area contributed by atoms with Gasteiger partial charge in [0.15, 0.2) is 0 Å². The molecule has 1 N–H and O–H groups in total. The Kier molecular flexibility index (Phi) is 4.21. The molecule has 0 radical (unpaired) electrons. The van der Waals surface area contributed by atoms with E-state index in [-0.39, 0.29) is 11.5 Å². The molecule has 1 aromatic rings. The fourth-order valence-electron chi connectivity index (χ4n) is 3.14. The Balaban J connectivity index is 2.23. The molecule has 0 spiro atoms. The van der Waals surface area contributed by atoms with Crippen molar-refractivity contribution in [3.63, 3.8) is 0 Å². The van der Waals surface area contributed by atoms with Crippen LogP contribution in [-0.4, -0.2) is 25.9 Å². The number of hydrogen-bond acceptors (Lipinski definition) is 2. The molecule has 0 saturated heterocycles. The molecule has 0 fully saturated rings. The molecule has 2 unspecified atom stereocenters. The van der Waals surface area contributed by atoms with Gasteiger partial charge in [0.2, 0.25) is 0 Å². The van der Waals surface area contributed by atoms with Crippen molar-refractivity contribution in [3.8, 4) is 0 Å². The van der Waals surface area contributed by atoms with E-state index >= 15 is 0 Å². The molecule has 4 heteroatoms. The lowest BCUT2D eigenvalue weighted by Gasteiger charge is -2.34. The van der Waals surface area contributed by atoms with Gasteiger partial charge in [-0.15, -0.1) is 0 Å². The van der Waals surface area contributed by atoms with Crippen LogP contribution >= 0.6 is 0 Å². The number of hydrogen-bond donors (Lipinski definition) is 1. The van der Waals surface area contributed by atoms with Gasteiger partial charge in [0, 0.05) is 46.3 Å². The molecule has 1 aliphatic carbocycles. The molecule has 19 heavy (non-hydrogen) atoms. The van der Waals surface area contributed by atoms with E-state index in [1.165, 1.54) is 11.4 Å². The number of rotatable bonds is 4. The third-order valence-corrected chi connectivity index (χ3v) is 4.88. The average Bonchev–Trinajstić information content (AvgIpc) is 2.55. The SMILES string of the molecule is Cc1cc2c(n1CCCS(C)=O)CC(C)(C)CC2O. The monoisotopic (exact) mass is 283 g/mol. The summed E-state index contributed by atoms with van der Waals surface area (Å²) in [6.07, 6.45) is 4.20. The maximum absolute atomic E-state index is 11.2. The largest absolute Gasteiger partial charge is 0.388 e. The van der Waals surface area contributed by atoms with E-state index in [2.05, 4.69) is 31.4 Å². The molecule has 0 aliphatic heterocycles. The van der Waals surface area contributed by atoms with Gasteiger partial charge in [-0.2, -0.15) is 0 Å². The van der Waals surface area contributed by atoms with Crippen LogP contribution in [0.15, 0.2) is 6.07 Å². The third-order valence-electron chi connectivity index (χ3n) is 4.01. The van der Waals surface area contributed by atoms with Crippen LogP contribution in [0.3, 0.4) is 0 Å². The predicted molar refractivity (Wildman–Crippen MR) is 79.8 cm³/mol. The van der Waals surface area contributed by atoms with Crippen LogP contribution in [0.5, 0.6) is 0 Å². The van der Waals surface area contributed by atoms with Crippen molar-refractivity contribution in [3.05, 3.63) is 23.0 Å². The van der Waals surface area contributed by atoms with Crippen LogP contribution in [0.4, 0.5) is 0 Å². The summed E-state index contributed by atoms with van der Waals surface area (Å²) in [4.78, 5) is 0. The highest BCUT2D eigenvalue weighted by atomic mass is 32.2. The zero-order valence-corrected chi connectivity index (χ0v) is 13.2. The molecule has 1 heterocycles. The summed E-state index contributed by atoms with van der Waals surface area (Å²) in [7, 11) is -0.720. The van der Waals surface area contributed by atoms with Crippen molar-refractivity contribution in [2.24, 2.45) is 5.41 Å². The van der Waals surface area contributed by atoms with E-state index < -0.39 is 10.8 Å². The van der Waals surface area contributed by atoms with Gasteiger partial charge in [-0.25, -0.2) is 0 Å². The maximum Gasteiger partial charge on any atom is 0.0812 e. The van der Waals surface area contributed by atoms with Gasteiger partial charge in [-0.1, -0.05) is 13.8 Å². The first-order valence-corrected chi connectivity index (χ1v) is 8.70. The Labute approximate surface area is 118 Å². The molecular formula is C15H25NO2S. The van der Waals surface area contributed by atoms with E-state index in [0.29, 0.717) is 0 Å². The lowest BCUT2D eigenvalue weighted by atomic mass is 9.75. The Morgan fingerprint density at radius 1 is 1.53 bits per heavy atom. The zero-order valence-electron chi connectivity index (χ0n) is 12.4. The summed E-state index contributed by atoms with van der Waals surface area (Å²) in [5.74, 6) is 0.748. The van der Waals surface area contributed by atoms with Crippen molar-refractivity contribution in [2.75, 3.05) is 12.0 Å². The molecule has 0 saturated carbocycles. The number of aliphatic hydroxyl groups excluding tert-OH is 1. The second kappa shape index (κ2) is 5.41. The highest BCUT2D eigenvalue weighted by molar-refractivity contribution is 7.84. The van der Waals surface area contributed by atoms with Crippen LogP contribution in [0.25, 0.3) is 0 Å². The standard InChI is InChI=1S/C15H25NO2S/c1-11-8-12-13(9-15(2,3)10-14(12)17)16(11)6-5-7-19(4)18/h8,14,17H,5-7,9-10H2,1-4H3. The Bertz CT molecular complexity index is 491. The lowest BCUT2D eigenvalue weighted by Crippen LogP contribution is -2.27. The van der Waals surface area contributed by atoms with Crippen molar-refractivity contribution < 1.29 is 9.32 Å². The minimum Gasteiger partial charge on any atom is -0.388 e. The number of aromatic nitrogens is 1. The van der Waals surface area contributed by atoms with E-state index in [1.807, 2.05) is 0 Å². The molecular weight excluding hydrogens is 258 g/mol. The van der Waals surface area contributed by atoms with E-state index in [9.17, 15) is 9.32 Å². The second-order valence-electron chi connectivity index (χ2n) is 6.53. The first-order chi connectivity index (χ1) is 8.80. The number of nitrogens with zero attached hydrogens (tertiary/aromatic N) is 1. The van der Waals surface area contributed by atoms with E-state index in [0.717, 1.165) is 37.1 Å². The molecule has 2 atom stereocenters. The van der Waals surface area contributed by atoms with Crippen molar-refractivity contribution in [1.29, 1.82) is 0 Å². The van der Waals surface area contributed by atoms with Crippen molar-refractivity contribution >= 4 is 10.8 Å². The Morgan fingerprint density at radius 2 is 2.21 bits per heavy atom. The van der Waals surface area contributed by atoms with Gasteiger partial charge in [0.25, 0.3) is 0 Å². The first kappa shape index (κ1) is 14.8. The van der Waals surface area contributed by atoms with Gasteiger partial charge in [-0.3, -0.25) is 4.21 Å². The molecule has 1 aliphatic rings. The average molecular weight is 283 g/mol. The van der Waals surface area contributed by atoms with Crippen LogP contribution in [-0.2, 0) is 23.8 Å². The smallest absolute Gasteiger partial charge is 0.0812 e. The molecule has 0 aromatic carbocycles. The fourth-order valence-corrected chi connectivity index (χ4v) is 3.67. The molecule has 1 aromatic heterocycles. The zero-order chi connectivity index (χ0) is 14.2. The quantitative estimate of drug-likeness (QED) is 0.923. The molecule has 0 bridgehead atoms. The summed E-state index contributed by atoms with van der Waals surface area (Å²) < 4.78 is 13.5. The van der Waals surface area contributed by atoms with Gasteiger partial charge in [-0.05, 0) is 37.7 Å². The number of aryl methyl sites for hydroxylation is 1. The summed E-state index contributed by atoms with van der Waals surface area (Å²) >= 11 is 0. The topological polar surface area (TPSA) is 42.2 Å². The molecule has 0 amide bonds. The molecule has 3 nitrogen and oxygen atoms in total. The minimum absolute atomic E-state index is 0.155. The lowest BCUT2D eigenvalue weighted by molar-refractivity contribution is 0.0979. The van der Waals surface area contributed by atoms with Crippen LogP contribution in [0, 0.1) is 12.3 Å². The van der Waals surface area contributed by atoms with Crippen molar-refractivity contribution in [1.82, 2.24) is 4.57 Å². The normalized spacial score (nSPS) is 23.1. The third kappa shape index (κ3) is 3.29. The minimum atomic E-state index is -0.720. The highest BCUT2D eigenvalue weighted by Gasteiger charge is 2.33. The molecule has 108 valence electrons. The van der Waals surface area contributed by atoms with E-state index in [1.54, 1.807) is 6.26 Å². The van der Waals surface area contributed by atoms with Crippen LogP contribution in [0.1, 0.15) is 49.7 Å². The summed E-state index contributed by atoms with van der Waals surface area (Å²) in [6.45, 7) is 7.43. The maximum atomic E-state index is 11.2. The summed E-state index contributed by atoms with van der Waals surface area (Å²) in [6, 6.07) is 2.12. The predicted octanol–water partition coefficient (Wildman–Crippen LogP) is 2.57. The van der Waals surface area contributed by atoms with Gasteiger partial charge in [0.1, 0.15) is 0 Å². The Morgan fingerprint density at radius 3 is 2.84 bits per heavy atom. The summed E-state index contributed by atoms with van der Waals surface area (Å²) in [5, 5.41) is 10.3. The van der Waals surface area contributed by atoms with Gasteiger partial charge >= 0.3 is 0 Å². The van der Waals surface area contributed by atoms with Crippen LogP contribution < -0.4 is 0 Å². The number of fused-ring (bicyclic) bond motifs is 1. The summed E-state index contributed by atoms with van der Waals surface area (Å²) in [5.41, 5.74) is 3.75. The fraction of sp³-hybridized carbons (Fsp3) is 0.733. The first-order valence-electron chi connectivity index (χ1n) is 6.97. The van der Waals surface area contributed by atoms with Gasteiger partial charge in [0.05, 0.1) is 6.10 Å². The van der Waals surface area contributed by atoms with Crippen molar-refractivity contribution in [2.45, 2.75) is 52.7 Å². The highest BCUT2D eigenvalue weighted by Crippen LogP contribution is 2.41.